The number of aliphatic hydroxyl groups is 2. The predicted molar refractivity (Wildman–Crippen MR) is 130 cm³/mol. The van der Waals surface area contributed by atoms with Crippen molar-refractivity contribution in [2.75, 3.05) is 0 Å². The average Bonchev–Trinajstić information content (AvgIpc) is 3.24. The van der Waals surface area contributed by atoms with Crippen molar-refractivity contribution in [1.29, 1.82) is 0 Å². The standard InChI is InChI=1S/C27H48N2O4/c1-19(2)21(26(32)15-7-5-8-16-26)29(24(31)25(23(28)30)13-11-12-14-25)22(20(3)4)27(33)17-9-6-10-18-27/h19-22,32-33H,5-18H2,1-4H3,(H2,28,30)/t21-,22-/m1/s1. The predicted octanol–water partition coefficient (Wildman–Crippen LogP) is 4.30. The number of nitrogens with zero attached hydrogens (tertiary/aromatic N) is 1. The third-order valence-electron chi connectivity index (χ3n) is 8.97. The molecule has 0 bridgehead atoms. The molecule has 0 heterocycles. The average molecular weight is 465 g/mol. The second-order valence-corrected chi connectivity index (χ2v) is 12.1. The van der Waals surface area contributed by atoms with Gasteiger partial charge in [-0.25, -0.2) is 0 Å². The van der Waals surface area contributed by atoms with Crippen LogP contribution in [0.5, 0.6) is 0 Å². The zero-order chi connectivity index (χ0) is 24.4. The van der Waals surface area contributed by atoms with Crippen LogP contribution in [0.1, 0.15) is 118 Å². The number of rotatable bonds is 8. The third kappa shape index (κ3) is 4.98. The Labute approximate surface area is 200 Å². The van der Waals surface area contributed by atoms with Crippen LogP contribution in [-0.2, 0) is 9.59 Å². The van der Waals surface area contributed by atoms with Crippen molar-refractivity contribution in [3.8, 4) is 0 Å². The molecule has 6 nitrogen and oxygen atoms in total. The van der Waals surface area contributed by atoms with Crippen LogP contribution >= 0.6 is 0 Å². The Morgan fingerprint density at radius 3 is 1.30 bits per heavy atom. The molecule has 3 saturated carbocycles. The van der Waals surface area contributed by atoms with Crippen LogP contribution in [0.4, 0.5) is 0 Å². The van der Waals surface area contributed by atoms with E-state index < -0.39 is 34.6 Å². The second-order valence-electron chi connectivity index (χ2n) is 12.1. The van der Waals surface area contributed by atoms with Gasteiger partial charge in [0.1, 0.15) is 5.41 Å². The summed E-state index contributed by atoms with van der Waals surface area (Å²) in [6, 6.07) is -0.916. The molecule has 6 heteroatoms. The Morgan fingerprint density at radius 2 is 1.00 bits per heavy atom. The fourth-order valence-corrected chi connectivity index (χ4v) is 7.54. The maximum Gasteiger partial charge on any atom is 0.238 e. The van der Waals surface area contributed by atoms with Crippen molar-refractivity contribution < 1.29 is 19.8 Å². The van der Waals surface area contributed by atoms with E-state index in [9.17, 15) is 19.8 Å². The highest BCUT2D eigenvalue weighted by Gasteiger charge is 2.58. The van der Waals surface area contributed by atoms with Gasteiger partial charge in [0.05, 0.1) is 23.3 Å². The van der Waals surface area contributed by atoms with Crippen LogP contribution in [0.15, 0.2) is 0 Å². The van der Waals surface area contributed by atoms with E-state index in [1.165, 1.54) is 0 Å². The largest absolute Gasteiger partial charge is 0.388 e. The van der Waals surface area contributed by atoms with Gasteiger partial charge in [-0.1, -0.05) is 79.1 Å². The molecule has 0 spiro atoms. The summed E-state index contributed by atoms with van der Waals surface area (Å²) in [6.07, 6.45) is 11.0. The van der Waals surface area contributed by atoms with Gasteiger partial charge in [-0.15, -0.1) is 0 Å². The van der Waals surface area contributed by atoms with Gasteiger partial charge in [0.2, 0.25) is 11.8 Å². The first-order valence-electron chi connectivity index (χ1n) is 13.6. The highest BCUT2D eigenvalue weighted by Crippen LogP contribution is 2.47. The summed E-state index contributed by atoms with van der Waals surface area (Å²) < 4.78 is 0. The number of amides is 2. The number of primary amides is 1. The minimum Gasteiger partial charge on any atom is -0.388 e. The zero-order valence-electron chi connectivity index (χ0n) is 21.4. The summed E-state index contributed by atoms with van der Waals surface area (Å²) in [7, 11) is 0. The topological polar surface area (TPSA) is 104 Å². The van der Waals surface area contributed by atoms with Crippen LogP contribution in [-0.4, -0.2) is 50.2 Å². The van der Waals surface area contributed by atoms with E-state index >= 15 is 0 Å². The van der Waals surface area contributed by atoms with Crippen molar-refractivity contribution in [3.63, 3.8) is 0 Å². The first-order chi connectivity index (χ1) is 15.5. The molecule has 190 valence electrons. The van der Waals surface area contributed by atoms with Gasteiger partial charge in [0.15, 0.2) is 0 Å². The summed E-state index contributed by atoms with van der Waals surface area (Å²) in [5, 5.41) is 24.0. The highest BCUT2D eigenvalue weighted by atomic mass is 16.3. The Balaban J connectivity index is 2.17. The fourth-order valence-electron chi connectivity index (χ4n) is 7.54. The van der Waals surface area contributed by atoms with Crippen LogP contribution in [0.3, 0.4) is 0 Å². The van der Waals surface area contributed by atoms with Crippen LogP contribution in [0, 0.1) is 17.3 Å². The molecule has 3 fully saturated rings. The molecule has 3 rings (SSSR count). The van der Waals surface area contributed by atoms with E-state index in [2.05, 4.69) is 27.7 Å². The van der Waals surface area contributed by atoms with Gasteiger partial charge in [-0.3, -0.25) is 9.59 Å². The van der Waals surface area contributed by atoms with Crippen LogP contribution in [0.25, 0.3) is 0 Å². The molecular formula is C27H48N2O4. The van der Waals surface area contributed by atoms with Crippen molar-refractivity contribution in [2.24, 2.45) is 23.0 Å². The van der Waals surface area contributed by atoms with Gasteiger partial charge in [-0.05, 0) is 50.4 Å². The van der Waals surface area contributed by atoms with Gasteiger partial charge in [0, 0.05) is 0 Å². The van der Waals surface area contributed by atoms with Gasteiger partial charge < -0.3 is 20.8 Å². The lowest BCUT2D eigenvalue weighted by atomic mass is 9.69. The molecule has 0 radical (unpaired) electrons. The van der Waals surface area contributed by atoms with Crippen LogP contribution in [0.2, 0.25) is 0 Å². The Morgan fingerprint density at radius 1 is 0.667 bits per heavy atom. The molecule has 3 aliphatic rings. The number of nitrogens with two attached hydrogens (primary N) is 1. The van der Waals surface area contributed by atoms with Crippen molar-refractivity contribution in [1.82, 2.24) is 4.90 Å². The third-order valence-corrected chi connectivity index (χ3v) is 8.97. The lowest BCUT2D eigenvalue weighted by Gasteiger charge is -2.56. The van der Waals surface area contributed by atoms with E-state index in [0.717, 1.165) is 51.4 Å². The smallest absolute Gasteiger partial charge is 0.238 e. The van der Waals surface area contributed by atoms with Crippen molar-refractivity contribution in [3.05, 3.63) is 0 Å². The van der Waals surface area contributed by atoms with E-state index in [1.807, 2.05) is 4.90 Å². The molecule has 0 aromatic heterocycles. The summed E-state index contributed by atoms with van der Waals surface area (Å²) in [4.78, 5) is 29.2. The maximum absolute atomic E-state index is 14.6. The number of carbonyl (C=O) groups is 2. The Kier molecular flexibility index (Phi) is 8.20. The molecule has 2 amide bonds. The number of hydrogen-bond acceptors (Lipinski definition) is 4. The summed E-state index contributed by atoms with van der Waals surface area (Å²) in [5.41, 5.74) is 2.68. The van der Waals surface area contributed by atoms with E-state index in [-0.39, 0.29) is 17.7 Å². The molecule has 0 saturated heterocycles. The minimum atomic E-state index is -1.23. The van der Waals surface area contributed by atoms with E-state index in [4.69, 9.17) is 5.73 Å². The van der Waals surface area contributed by atoms with Gasteiger partial charge >= 0.3 is 0 Å². The first kappa shape index (κ1) is 26.5. The molecule has 0 aromatic carbocycles. The molecule has 3 aliphatic carbocycles. The summed E-state index contributed by atoms with van der Waals surface area (Å²) in [5.74, 6) is -0.831. The first-order valence-corrected chi connectivity index (χ1v) is 13.6. The van der Waals surface area contributed by atoms with E-state index in [0.29, 0.717) is 38.5 Å². The molecular weight excluding hydrogens is 416 g/mol. The monoisotopic (exact) mass is 464 g/mol. The normalized spacial score (nSPS) is 26.2. The summed E-state index contributed by atoms with van der Waals surface area (Å²) >= 11 is 0. The lowest BCUT2D eigenvalue weighted by Crippen LogP contribution is -2.70. The van der Waals surface area contributed by atoms with Crippen molar-refractivity contribution >= 4 is 11.8 Å². The van der Waals surface area contributed by atoms with Crippen LogP contribution < -0.4 is 5.73 Å². The van der Waals surface area contributed by atoms with E-state index in [1.54, 1.807) is 0 Å². The van der Waals surface area contributed by atoms with Crippen molar-refractivity contribution in [2.45, 2.75) is 141 Å². The molecule has 0 aromatic rings. The molecule has 4 N–H and O–H groups in total. The zero-order valence-corrected chi connectivity index (χ0v) is 21.4. The molecule has 0 unspecified atom stereocenters. The SMILES string of the molecule is CC(C)[C@@H](N(C(=O)C1(C(N)=O)CCCC1)[C@H](C(C)C)C1(O)CCCCC1)C1(O)CCCCC1. The Hall–Kier alpha value is -1.14. The molecule has 33 heavy (non-hydrogen) atoms. The van der Waals surface area contributed by atoms with Gasteiger partial charge in [-0.2, -0.15) is 0 Å². The quantitative estimate of drug-likeness (QED) is 0.466. The Bertz CT molecular complexity index is 650. The maximum atomic E-state index is 14.6. The lowest BCUT2D eigenvalue weighted by molar-refractivity contribution is -0.184. The molecule has 0 aliphatic heterocycles. The summed E-state index contributed by atoms with van der Waals surface area (Å²) in [6.45, 7) is 8.24. The molecule has 2 atom stereocenters. The minimum absolute atomic E-state index is 0.0168. The highest BCUT2D eigenvalue weighted by molar-refractivity contribution is 6.05. The number of hydrogen-bond donors (Lipinski definition) is 3. The van der Waals surface area contributed by atoms with Gasteiger partial charge in [0.25, 0.3) is 0 Å². The fraction of sp³-hybridized carbons (Fsp3) is 0.926. The second kappa shape index (κ2) is 10.2. The number of carbonyl (C=O) groups excluding carboxylic acids is 2.